The van der Waals surface area contributed by atoms with Crippen LogP contribution in [-0.2, 0) is 23.2 Å². The molecule has 0 bridgehead atoms. The van der Waals surface area contributed by atoms with Gasteiger partial charge in [0.25, 0.3) is 0 Å². The molecule has 0 radical (unpaired) electrons. The van der Waals surface area contributed by atoms with Crippen LogP contribution >= 0.6 is 11.6 Å². The molecule has 0 fully saturated rings. The quantitative estimate of drug-likeness (QED) is 0.553. The maximum Gasteiger partial charge on any atom is 0.322 e. The topological polar surface area (TPSA) is 88.9 Å². The summed E-state index contributed by atoms with van der Waals surface area (Å²) in [6.45, 7) is 0.435. The van der Waals surface area contributed by atoms with Crippen LogP contribution in [0.15, 0.2) is 71.3 Å². The lowest BCUT2D eigenvalue weighted by molar-refractivity contribution is 0.201. The molecule has 9 heteroatoms. The standard InChI is InChI=1S/C20H19ClN2O5S/c1-29(25,26)28-18-5-2-4-15(12-18)13-23(14-19-6-3-11-27-19)20(24)22-17-9-7-16(21)8-10-17/h2-12H,13-14H2,1H3,(H,22,24). The Bertz CT molecular complexity index is 1070. The Kier molecular flexibility index (Phi) is 6.46. The van der Waals surface area contributed by atoms with Crippen molar-refractivity contribution in [2.45, 2.75) is 13.1 Å². The summed E-state index contributed by atoms with van der Waals surface area (Å²) >= 11 is 5.88. The van der Waals surface area contributed by atoms with Gasteiger partial charge < -0.3 is 18.8 Å². The highest BCUT2D eigenvalue weighted by Gasteiger charge is 2.17. The van der Waals surface area contributed by atoms with E-state index in [1.165, 1.54) is 17.2 Å². The number of nitrogens with one attached hydrogen (secondary N) is 1. The van der Waals surface area contributed by atoms with Crippen molar-refractivity contribution in [2.24, 2.45) is 0 Å². The third-order valence-corrected chi connectivity index (χ3v) is 4.58. The van der Waals surface area contributed by atoms with Gasteiger partial charge in [-0.1, -0.05) is 23.7 Å². The molecule has 0 unspecified atom stereocenters. The minimum atomic E-state index is -3.64. The van der Waals surface area contributed by atoms with Crippen molar-refractivity contribution >= 4 is 33.4 Å². The summed E-state index contributed by atoms with van der Waals surface area (Å²) in [4.78, 5) is 14.4. The van der Waals surface area contributed by atoms with Crippen molar-refractivity contribution in [3.05, 3.63) is 83.3 Å². The molecule has 29 heavy (non-hydrogen) atoms. The second-order valence-corrected chi connectivity index (χ2v) is 8.32. The van der Waals surface area contributed by atoms with Crippen LogP contribution in [0.5, 0.6) is 5.75 Å². The Labute approximate surface area is 174 Å². The van der Waals surface area contributed by atoms with E-state index in [9.17, 15) is 13.2 Å². The third kappa shape index (κ3) is 6.55. The van der Waals surface area contributed by atoms with Gasteiger partial charge in [0.2, 0.25) is 0 Å². The molecule has 2 aromatic carbocycles. The predicted molar refractivity (Wildman–Crippen MR) is 110 cm³/mol. The summed E-state index contributed by atoms with van der Waals surface area (Å²) in [6.07, 6.45) is 2.51. The SMILES string of the molecule is CS(=O)(=O)Oc1cccc(CN(Cc2ccco2)C(=O)Nc2ccc(Cl)cc2)c1. The number of carbonyl (C=O) groups excluding carboxylic acids is 1. The molecule has 0 aliphatic heterocycles. The molecule has 1 aromatic heterocycles. The Balaban J connectivity index is 1.79. The Hall–Kier alpha value is -2.97. The number of urea groups is 1. The zero-order valence-corrected chi connectivity index (χ0v) is 17.1. The van der Waals surface area contributed by atoms with E-state index >= 15 is 0 Å². The molecule has 0 spiro atoms. The minimum absolute atomic E-state index is 0.182. The molecule has 0 aliphatic rings. The number of nitrogens with zero attached hydrogens (tertiary/aromatic N) is 1. The number of amides is 2. The molecule has 0 atom stereocenters. The molecule has 0 saturated heterocycles. The minimum Gasteiger partial charge on any atom is -0.467 e. The highest BCUT2D eigenvalue weighted by Crippen LogP contribution is 2.19. The molecule has 7 nitrogen and oxygen atoms in total. The lowest BCUT2D eigenvalue weighted by Crippen LogP contribution is -2.34. The second kappa shape index (κ2) is 9.02. The summed E-state index contributed by atoms with van der Waals surface area (Å²) in [5, 5.41) is 3.38. The maximum absolute atomic E-state index is 12.9. The van der Waals surface area contributed by atoms with E-state index in [4.69, 9.17) is 20.2 Å². The van der Waals surface area contributed by atoms with Gasteiger partial charge in [-0.15, -0.1) is 0 Å². The van der Waals surface area contributed by atoms with Gasteiger partial charge in [0.05, 0.1) is 19.1 Å². The first kappa shape index (κ1) is 20.8. The summed E-state index contributed by atoms with van der Waals surface area (Å²) in [5.74, 6) is 0.792. The van der Waals surface area contributed by atoms with Crippen molar-refractivity contribution in [3.63, 3.8) is 0 Å². The van der Waals surface area contributed by atoms with E-state index in [0.717, 1.165) is 6.26 Å². The van der Waals surface area contributed by atoms with Gasteiger partial charge in [0.15, 0.2) is 0 Å². The fraction of sp³-hybridized carbons (Fsp3) is 0.150. The van der Waals surface area contributed by atoms with Gasteiger partial charge in [0.1, 0.15) is 11.5 Å². The average Bonchev–Trinajstić information content (AvgIpc) is 3.15. The van der Waals surface area contributed by atoms with Crippen LogP contribution in [-0.4, -0.2) is 25.6 Å². The summed E-state index contributed by atoms with van der Waals surface area (Å²) in [6, 6.07) is 16.5. The molecule has 0 saturated carbocycles. The molecule has 3 rings (SSSR count). The van der Waals surface area contributed by atoms with Gasteiger partial charge in [-0.3, -0.25) is 0 Å². The van der Waals surface area contributed by atoms with Gasteiger partial charge in [-0.25, -0.2) is 4.79 Å². The normalized spacial score (nSPS) is 11.1. The maximum atomic E-state index is 12.9. The number of hydrogen-bond acceptors (Lipinski definition) is 5. The van der Waals surface area contributed by atoms with Crippen LogP contribution in [0.25, 0.3) is 0 Å². The summed E-state index contributed by atoms with van der Waals surface area (Å²) in [7, 11) is -3.64. The zero-order chi connectivity index (χ0) is 20.9. The second-order valence-electron chi connectivity index (χ2n) is 6.31. The number of benzene rings is 2. The average molecular weight is 435 g/mol. The van der Waals surface area contributed by atoms with Crippen molar-refractivity contribution in [3.8, 4) is 5.75 Å². The molecule has 152 valence electrons. The van der Waals surface area contributed by atoms with E-state index in [1.807, 2.05) is 0 Å². The molecule has 3 aromatic rings. The number of furan rings is 1. The molecule has 1 N–H and O–H groups in total. The number of rotatable bonds is 7. The highest BCUT2D eigenvalue weighted by molar-refractivity contribution is 7.86. The fourth-order valence-corrected chi connectivity index (χ4v) is 3.20. The lowest BCUT2D eigenvalue weighted by atomic mass is 10.2. The van der Waals surface area contributed by atoms with Crippen LogP contribution in [0.2, 0.25) is 5.02 Å². The molecule has 2 amide bonds. The van der Waals surface area contributed by atoms with Crippen molar-refractivity contribution in [1.82, 2.24) is 4.90 Å². The number of halogens is 1. The van der Waals surface area contributed by atoms with Crippen molar-refractivity contribution in [2.75, 3.05) is 11.6 Å². The van der Waals surface area contributed by atoms with Crippen molar-refractivity contribution < 1.29 is 21.8 Å². The summed E-state index contributed by atoms with van der Waals surface area (Å²) < 4.78 is 33.0. The van der Waals surface area contributed by atoms with Crippen LogP contribution in [0, 0.1) is 0 Å². The Morgan fingerprint density at radius 3 is 2.52 bits per heavy atom. The first-order valence-electron chi connectivity index (χ1n) is 8.61. The van der Waals surface area contributed by atoms with Gasteiger partial charge >= 0.3 is 16.1 Å². The lowest BCUT2D eigenvalue weighted by Gasteiger charge is -2.22. The number of anilines is 1. The van der Waals surface area contributed by atoms with Gasteiger partial charge in [0, 0.05) is 17.3 Å². The molecule has 0 aliphatic carbocycles. The number of carbonyl (C=O) groups is 1. The van der Waals surface area contributed by atoms with Gasteiger partial charge in [-0.05, 0) is 54.1 Å². The third-order valence-electron chi connectivity index (χ3n) is 3.83. The smallest absolute Gasteiger partial charge is 0.322 e. The van der Waals surface area contributed by atoms with E-state index in [1.54, 1.807) is 54.6 Å². The first-order valence-corrected chi connectivity index (χ1v) is 10.8. The van der Waals surface area contributed by atoms with Crippen molar-refractivity contribution in [1.29, 1.82) is 0 Å². The molecule has 1 heterocycles. The largest absolute Gasteiger partial charge is 0.467 e. The Morgan fingerprint density at radius 1 is 1.10 bits per heavy atom. The van der Waals surface area contributed by atoms with E-state index in [0.29, 0.717) is 22.0 Å². The van der Waals surface area contributed by atoms with E-state index in [2.05, 4.69) is 5.32 Å². The van der Waals surface area contributed by atoms with E-state index in [-0.39, 0.29) is 24.9 Å². The van der Waals surface area contributed by atoms with Crippen LogP contribution in [0.4, 0.5) is 10.5 Å². The van der Waals surface area contributed by atoms with Crippen LogP contribution in [0.3, 0.4) is 0 Å². The summed E-state index contributed by atoms with van der Waals surface area (Å²) in [5.41, 5.74) is 1.29. The molecular formula is C20H19ClN2O5S. The Morgan fingerprint density at radius 2 is 1.86 bits per heavy atom. The number of hydrogen-bond donors (Lipinski definition) is 1. The fourth-order valence-electron chi connectivity index (χ4n) is 2.62. The zero-order valence-electron chi connectivity index (χ0n) is 15.5. The highest BCUT2D eigenvalue weighted by atomic mass is 35.5. The first-order chi connectivity index (χ1) is 13.8. The molecular weight excluding hydrogens is 416 g/mol. The van der Waals surface area contributed by atoms with E-state index < -0.39 is 10.1 Å². The van der Waals surface area contributed by atoms with Crippen LogP contribution in [0.1, 0.15) is 11.3 Å². The van der Waals surface area contributed by atoms with Crippen LogP contribution < -0.4 is 9.50 Å². The predicted octanol–water partition coefficient (Wildman–Crippen LogP) is 4.51. The van der Waals surface area contributed by atoms with Gasteiger partial charge in [-0.2, -0.15) is 8.42 Å². The monoisotopic (exact) mass is 434 g/mol.